The Labute approximate surface area is 821 Å². The molecular formula is C129H75N15. The normalized spacial score (nSPS) is 12.2. The highest BCUT2D eigenvalue weighted by atomic mass is 15.1. The van der Waals surface area contributed by atoms with Gasteiger partial charge in [-0.1, -0.05) is 224 Å². The Bertz CT molecular complexity index is 9820. The fourth-order valence-corrected chi connectivity index (χ4v) is 23.5. The van der Waals surface area contributed by atoms with E-state index < -0.39 is 0 Å². The fourth-order valence-electron chi connectivity index (χ4n) is 23.5. The molecule has 18 aromatic carbocycles. The topological polar surface area (TPSA) is 146 Å². The number of rotatable bonds is 6. The van der Waals surface area contributed by atoms with Crippen LogP contribution < -0.4 is 0 Å². The van der Waals surface area contributed by atoms with Gasteiger partial charge in [0.1, 0.15) is 22.8 Å². The monoisotopic (exact) mass is 1830 g/mol. The second kappa shape index (κ2) is 30.9. The van der Waals surface area contributed by atoms with Crippen LogP contribution in [0.3, 0.4) is 0 Å². The minimum absolute atomic E-state index is 0.792. The maximum atomic E-state index is 5.27. The quantitative estimate of drug-likeness (QED) is 0.159. The number of para-hydroxylation sites is 15. The van der Waals surface area contributed by atoms with Crippen molar-refractivity contribution in [3.8, 4) is 135 Å². The molecule has 3 aliphatic heterocycles. The molecule has 0 unspecified atom stereocenters. The third-order valence-electron chi connectivity index (χ3n) is 29.7. The third kappa shape index (κ3) is 11.7. The first-order valence-electron chi connectivity index (χ1n) is 48.6. The van der Waals surface area contributed by atoms with Crippen molar-refractivity contribution in [3.63, 3.8) is 0 Å². The van der Waals surface area contributed by atoms with E-state index in [2.05, 4.69) is 383 Å². The zero-order chi connectivity index (χ0) is 94.0. The molecule has 0 bridgehead atoms. The Morgan fingerprint density at radius 1 is 0.153 bits per heavy atom. The first-order valence-corrected chi connectivity index (χ1v) is 48.6. The maximum absolute atomic E-state index is 5.27. The molecule has 0 radical (unpaired) electrons. The fraction of sp³-hybridized carbons (Fsp3) is 0. The van der Waals surface area contributed by atoms with Crippen LogP contribution in [0.15, 0.2) is 456 Å². The molecule has 144 heavy (non-hydrogen) atoms. The molecule has 0 N–H and O–H groups in total. The van der Waals surface area contributed by atoms with Crippen molar-refractivity contribution in [3.05, 3.63) is 456 Å². The van der Waals surface area contributed by atoms with E-state index in [1.165, 1.54) is 120 Å². The Kier molecular flexibility index (Phi) is 17.0. The molecule has 15 heteroatoms. The van der Waals surface area contributed by atoms with E-state index in [1.54, 1.807) is 0 Å². The Balaban J connectivity index is 0.0000000986. The van der Waals surface area contributed by atoms with Gasteiger partial charge in [-0.15, -0.1) is 0 Å². The summed E-state index contributed by atoms with van der Waals surface area (Å²) in [4.78, 5) is 45.6. The number of fused-ring (bicyclic) bond motifs is 36. The predicted molar refractivity (Wildman–Crippen MR) is 588 cm³/mol. The number of hydrogen-bond donors (Lipinski definition) is 0. The van der Waals surface area contributed by atoms with Gasteiger partial charge in [-0.05, 0) is 239 Å². The summed E-state index contributed by atoms with van der Waals surface area (Å²) in [5.41, 5.74) is 41.5. The van der Waals surface area contributed by atoms with E-state index in [0.29, 0.717) is 0 Å². The van der Waals surface area contributed by atoms with Crippen molar-refractivity contribution in [1.29, 1.82) is 0 Å². The molecule has 0 saturated heterocycles. The summed E-state index contributed by atoms with van der Waals surface area (Å²) >= 11 is 0. The standard InChI is InChI=1S/3C43H25N5/c1-2-11-28(12-3-1)47-37-18-8-4-13-29(37)32-23-26(20-21-39(32)47)27-24-33-30-14-5-9-19-38(30)48-42(33)34(25-27)31-15-10-22-44-40(31)41-43(48)46-36-17-7-6-16-35(36)45-41;1-2-10-28(11-3-1)47-38-16-8-4-12-30(38)32-22-26(18-19-40(32)47)27-23-33-29-20-21-44-25-35(29)41-43(46-37-15-7-6-14-36(37)45-41)48-39-17-9-5-13-31(39)34(24-27)42(33)48;1-2-10-28(11-3-1)47-38-16-8-4-12-29(38)32-22-26(18-19-40(32)47)27-23-33-30-13-5-9-17-39(30)48-42(33)34(24-27)35-25-44-21-20-31(35)41-43(48)46-37-15-7-6-14-36(37)45-41/h3*1-25H. The minimum atomic E-state index is 0.792. The highest BCUT2D eigenvalue weighted by Gasteiger charge is 2.34. The first kappa shape index (κ1) is 79.3. The molecule has 15 nitrogen and oxygen atoms in total. The number of benzene rings is 18. The van der Waals surface area contributed by atoms with Gasteiger partial charge in [0.2, 0.25) is 0 Å². The lowest BCUT2D eigenvalue weighted by Crippen LogP contribution is -2.02. The van der Waals surface area contributed by atoms with Crippen molar-refractivity contribution < 1.29 is 0 Å². The zero-order valence-electron chi connectivity index (χ0n) is 77.0. The van der Waals surface area contributed by atoms with Gasteiger partial charge in [-0.25, -0.2) is 29.9 Å². The van der Waals surface area contributed by atoms with E-state index in [1.807, 2.05) is 110 Å². The molecule has 0 saturated carbocycles. The van der Waals surface area contributed by atoms with Crippen LogP contribution in [0, 0.1) is 0 Å². The molecule has 0 spiro atoms. The molecule has 3 aliphatic rings. The van der Waals surface area contributed by atoms with Crippen LogP contribution in [-0.4, -0.2) is 72.3 Å². The predicted octanol–water partition coefficient (Wildman–Crippen LogP) is 31.6. The first-order chi connectivity index (χ1) is 71.4. The maximum Gasteiger partial charge on any atom is 0.166 e. The Hall–Kier alpha value is -19.8. The average molecular weight is 1840 g/mol. The van der Waals surface area contributed by atoms with Gasteiger partial charge in [0.15, 0.2) is 17.5 Å². The van der Waals surface area contributed by atoms with Crippen LogP contribution in [0.1, 0.15) is 0 Å². The third-order valence-corrected chi connectivity index (χ3v) is 29.7. The SMILES string of the molecule is c1ccc(-n2c3ccccc3c3cc(-c4cc5c6c(c4)c4ccccc4n6-c4nc6ccccc6nc4-c4ccncc4-5)ccc32)cc1.c1ccc(-n2c3ccccc3c3cc(-c4cc5c6c(c4)c4ccccc4n6-c4nc6ccccc6nc4-c4cnccc4-5)ccc32)cc1.c1ccc(-n2c3ccccc3c3cc(-c4cc5c6c(c4)c4ccccc4n6-c4nc6ccccc6nc4-c4ncccc4-5)ccc32)cc1. The molecule has 33 rings (SSSR count). The summed E-state index contributed by atoms with van der Waals surface area (Å²) < 4.78 is 14.0. The van der Waals surface area contributed by atoms with E-state index in [-0.39, 0.29) is 0 Å². The van der Waals surface area contributed by atoms with Crippen LogP contribution in [0.25, 0.3) is 299 Å². The van der Waals surface area contributed by atoms with Gasteiger partial charge in [-0.2, -0.15) is 0 Å². The molecule has 15 heterocycles. The minimum Gasteiger partial charge on any atom is -0.309 e. The molecule has 0 fully saturated rings. The van der Waals surface area contributed by atoms with Gasteiger partial charge in [0, 0.05) is 152 Å². The van der Waals surface area contributed by atoms with Crippen molar-refractivity contribution in [2.75, 3.05) is 0 Å². The van der Waals surface area contributed by atoms with E-state index in [4.69, 9.17) is 34.9 Å². The van der Waals surface area contributed by atoms with Crippen molar-refractivity contribution in [1.82, 2.24) is 72.3 Å². The average Bonchev–Trinajstić information content (AvgIpc) is 1.54. The van der Waals surface area contributed by atoms with Gasteiger partial charge in [0.05, 0.1) is 99.3 Å². The lowest BCUT2D eigenvalue weighted by Gasteiger charge is -2.12. The molecule has 0 amide bonds. The largest absolute Gasteiger partial charge is 0.309 e. The van der Waals surface area contributed by atoms with Gasteiger partial charge in [-0.3, -0.25) is 28.7 Å². The summed E-state index contributed by atoms with van der Waals surface area (Å²) in [5.74, 6) is 2.48. The lowest BCUT2D eigenvalue weighted by molar-refractivity contribution is 1.08. The zero-order valence-corrected chi connectivity index (χ0v) is 77.0. The number of aromatic nitrogens is 15. The molecule has 30 aromatic rings. The van der Waals surface area contributed by atoms with Crippen LogP contribution in [0.5, 0.6) is 0 Å². The molecule has 666 valence electrons. The summed E-state index contributed by atoms with van der Waals surface area (Å²) in [6, 6.07) is 151. The van der Waals surface area contributed by atoms with Crippen LogP contribution in [0.4, 0.5) is 0 Å². The molecular weight excluding hydrogens is 1760 g/mol. The number of hydrogen-bond acceptors (Lipinski definition) is 9. The van der Waals surface area contributed by atoms with Gasteiger partial charge < -0.3 is 13.7 Å². The molecule has 12 aromatic heterocycles. The van der Waals surface area contributed by atoms with E-state index in [0.717, 1.165) is 179 Å². The highest BCUT2D eigenvalue weighted by Crippen LogP contribution is 2.54. The highest BCUT2D eigenvalue weighted by molar-refractivity contribution is 6.23. The summed E-state index contributed by atoms with van der Waals surface area (Å²) in [6.07, 6.45) is 9.52. The summed E-state index contributed by atoms with van der Waals surface area (Å²) in [5, 5.41) is 14.5. The second-order valence-corrected chi connectivity index (χ2v) is 37.5. The number of pyridine rings is 3. The van der Waals surface area contributed by atoms with Crippen LogP contribution in [-0.2, 0) is 0 Å². The van der Waals surface area contributed by atoms with Crippen LogP contribution in [0.2, 0.25) is 0 Å². The van der Waals surface area contributed by atoms with Crippen molar-refractivity contribution >= 4 is 164 Å². The Morgan fingerprint density at radius 2 is 0.438 bits per heavy atom. The van der Waals surface area contributed by atoms with Crippen LogP contribution >= 0.6 is 0 Å². The second-order valence-electron chi connectivity index (χ2n) is 37.5. The molecule has 0 aliphatic carbocycles. The summed E-state index contributed by atoms with van der Waals surface area (Å²) in [6.45, 7) is 0. The number of nitrogens with zero attached hydrogens (tertiary/aromatic N) is 15. The lowest BCUT2D eigenvalue weighted by atomic mass is 9.93. The van der Waals surface area contributed by atoms with Crippen molar-refractivity contribution in [2.24, 2.45) is 0 Å². The molecule has 0 atom stereocenters. The Morgan fingerprint density at radius 3 is 0.826 bits per heavy atom. The summed E-state index contributed by atoms with van der Waals surface area (Å²) in [7, 11) is 0. The van der Waals surface area contributed by atoms with Gasteiger partial charge in [0.25, 0.3) is 0 Å². The van der Waals surface area contributed by atoms with E-state index >= 15 is 0 Å². The van der Waals surface area contributed by atoms with Crippen molar-refractivity contribution in [2.45, 2.75) is 0 Å². The van der Waals surface area contributed by atoms with E-state index in [9.17, 15) is 0 Å². The van der Waals surface area contributed by atoms with Gasteiger partial charge >= 0.3 is 0 Å². The smallest absolute Gasteiger partial charge is 0.166 e.